The number of aliphatic hydroxyl groups is 1. The molecule has 1 aliphatic heterocycles. The molecule has 4 rings (SSSR count). The second kappa shape index (κ2) is 7.67. The van der Waals surface area contributed by atoms with Gasteiger partial charge in [0.15, 0.2) is 0 Å². The van der Waals surface area contributed by atoms with Crippen LogP contribution in [0.15, 0.2) is 78.9 Å². The number of hydrogen-bond donors (Lipinski definition) is 2. The van der Waals surface area contributed by atoms with Crippen LogP contribution in [0.3, 0.4) is 0 Å². The lowest BCUT2D eigenvalue weighted by atomic mass is 10.1. The minimum absolute atomic E-state index is 0.124. The molecule has 0 aromatic heterocycles. The molecule has 5 heteroatoms. The number of fused-ring (bicyclic) bond motifs is 1. The molecule has 0 saturated carbocycles. The molecule has 0 amide bonds. The monoisotopic (exact) mass is 405 g/mol. The Bertz CT molecular complexity index is 931. The van der Waals surface area contributed by atoms with Crippen molar-refractivity contribution in [3.05, 3.63) is 84.4 Å². The summed E-state index contributed by atoms with van der Waals surface area (Å²) >= 11 is 0. The standard InChI is InChI=1S/C24H27NO3Si/c1-24(2,3)29(18-11-6-4-7-12-18,19-13-8-5-9-14-19)28-22-16-10-15-21-20(22)17-27-23(26)25-21/h4-16,23,25-26H,17H2,1-3H3. The molecule has 0 aliphatic carbocycles. The number of rotatable bonds is 4. The Balaban J connectivity index is 1.92. The van der Waals surface area contributed by atoms with Crippen molar-refractivity contribution in [2.45, 2.75) is 38.8 Å². The van der Waals surface area contributed by atoms with E-state index in [-0.39, 0.29) is 5.04 Å². The molecule has 1 heterocycles. The average Bonchev–Trinajstić information content (AvgIpc) is 2.72. The van der Waals surface area contributed by atoms with E-state index in [9.17, 15) is 5.11 Å². The molecule has 29 heavy (non-hydrogen) atoms. The van der Waals surface area contributed by atoms with E-state index in [0.717, 1.165) is 17.0 Å². The lowest BCUT2D eigenvalue weighted by Crippen LogP contribution is -2.69. The molecule has 0 spiro atoms. The van der Waals surface area contributed by atoms with Gasteiger partial charge in [0.25, 0.3) is 0 Å². The van der Waals surface area contributed by atoms with Crippen molar-refractivity contribution in [3.63, 3.8) is 0 Å². The Morgan fingerprint density at radius 1 is 0.897 bits per heavy atom. The quantitative estimate of drug-likeness (QED) is 0.648. The summed E-state index contributed by atoms with van der Waals surface area (Å²) < 4.78 is 12.5. The van der Waals surface area contributed by atoms with E-state index in [0.29, 0.717) is 6.61 Å². The normalized spacial score (nSPS) is 16.6. The van der Waals surface area contributed by atoms with Crippen LogP contribution < -0.4 is 20.1 Å². The third kappa shape index (κ3) is 3.57. The zero-order chi connectivity index (χ0) is 20.5. The highest BCUT2D eigenvalue weighted by Gasteiger charge is 2.52. The maximum atomic E-state index is 9.80. The highest BCUT2D eigenvalue weighted by Crippen LogP contribution is 2.40. The van der Waals surface area contributed by atoms with E-state index in [1.807, 2.05) is 30.3 Å². The largest absolute Gasteiger partial charge is 0.534 e. The van der Waals surface area contributed by atoms with Crippen LogP contribution in [-0.2, 0) is 11.3 Å². The minimum Gasteiger partial charge on any atom is -0.534 e. The van der Waals surface area contributed by atoms with E-state index >= 15 is 0 Å². The van der Waals surface area contributed by atoms with Crippen LogP contribution in [-0.4, -0.2) is 19.8 Å². The van der Waals surface area contributed by atoms with Gasteiger partial charge >= 0.3 is 8.32 Å². The summed E-state index contributed by atoms with van der Waals surface area (Å²) in [6.45, 7) is 7.07. The fourth-order valence-electron chi connectivity index (χ4n) is 4.10. The fraction of sp³-hybridized carbons (Fsp3) is 0.250. The number of aliphatic hydroxyl groups excluding tert-OH is 1. The molecule has 150 valence electrons. The van der Waals surface area contributed by atoms with Gasteiger partial charge in [0.05, 0.1) is 6.61 Å². The third-order valence-electron chi connectivity index (χ3n) is 5.48. The summed E-state index contributed by atoms with van der Waals surface area (Å²) in [5, 5.41) is 15.1. The summed E-state index contributed by atoms with van der Waals surface area (Å²) in [6.07, 6.45) is -0.995. The first-order chi connectivity index (χ1) is 13.9. The molecule has 1 unspecified atom stereocenters. The fourth-order valence-corrected chi connectivity index (χ4v) is 8.55. The Hall–Kier alpha value is -2.60. The summed E-state index contributed by atoms with van der Waals surface area (Å²) in [7, 11) is -2.71. The van der Waals surface area contributed by atoms with E-state index in [1.165, 1.54) is 10.4 Å². The summed E-state index contributed by atoms with van der Waals surface area (Å²) in [5.41, 5.74) is 1.78. The molecule has 4 nitrogen and oxygen atoms in total. The Morgan fingerprint density at radius 2 is 1.48 bits per heavy atom. The number of nitrogens with one attached hydrogen (secondary N) is 1. The van der Waals surface area contributed by atoms with Crippen molar-refractivity contribution >= 4 is 24.4 Å². The van der Waals surface area contributed by atoms with Gasteiger partial charge in [-0.15, -0.1) is 0 Å². The van der Waals surface area contributed by atoms with Gasteiger partial charge < -0.3 is 19.6 Å². The van der Waals surface area contributed by atoms with Crippen LogP contribution in [0.2, 0.25) is 5.04 Å². The van der Waals surface area contributed by atoms with E-state index in [4.69, 9.17) is 9.16 Å². The molecule has 0 saturated heterocycles. The molecule has 0 radical (unpaired) electrons. The predicted octanol–water partition coefficient (Wildman–Crippen LogP) is 3.84. The SMILES string of the molecule is CC(C)(C)[Si](Oc1cccc2c1COC(O)N2)(c1ccccc1)c1ccccc1. The minimum atomic E-state index is -2.71. The van der Waals surface area contributed by atoms with Crippen molar-refractivity contribution in [2.24, 2.45) is 0 Å². The molecule has 1 atom stereocenters. The van der Waals surface area contributed by atoms with E-state index < -0.39 is 14.7 Å². The Labute approximate surface area is 173 Å². The van der Waals surface area contributed by atoms with Gasteiger partial charge in [-0.05, 0) is 27.5 Å². The predicted molar refractivity (Wildman–Crippen MR) is 119 cm³/mol. The second-order valence-electron chi connectivity index (χ2n) is 8.36. The van der Waals surface area contributed by atoms with Gasteiger partial charge in [-0.2, -0.15) is 0 Å². The molecule has 0 fully saturated rings. The van der Waals surface area contributed by atoms with E-state index in [1.54, 1.807) is 0 Å². The van der Waals surface area contributed by atoms with Gasteiger partial charge in [0.1, 0.15) is 5.75 Å². The third-order valence-corrected chi connectivity index (χ3v) is 10.4. The number of ether oxygens (including phenoxy) is 1. The van der Waals surface area contributed by atoms with Gasteiger partial charge in [0.2, 0.25) is 6.41 Å². The topological polar surface area (TPSA) is 50.7 Å². The van der Waals surface area contributed by atoms with Gasteiger partial charge in [-0.25, -0.2) is 0 Å². The highest BCUT2D eigenvalue weighted by molar-refractivity contribution is 7.00. The summed E-state index contributed by atoms with van der Waals surface area (Å²) in [5.74, 6) is 0.802. The van der Waals surface area contributed by atoms with Crippen molar-refractivity contribution in [1.82, 2.24) is 0 Å². The highest BCUT2D eigenvalue weighted by atomic mass is 28.4. The van der Waals surface area contributed by atoms with Crippen LogP contribution in [0.4, 0.5) is 5.69 Å². The van der Waals surface area contributed by atoms with Crippen molar-refractivity contribution in [3.8, 4) is 5.75 Å². The lowest BCUT2D eigenvalue weighted by Gasteiger charge is -2.43. The van der Waals surface area contributed by atoms with Gasteiger partial charge in [-0.1, -0.05) is 87.5 Å². The molecule has 0 bridgehead atoms. The van der Waals surface area contributed by atoms with Crippen molar-refractivity contribution in [2.75, 3.05) is 5.32 Å². The second-order valence-corrected chi connectivity index (χ2v) is 12.6. The lowest BCUT2D eigenvalue weighted by molar-refractivity contribution is -0.0932. The average molecular weight is 406 g/mol. The summed E-state index contributed by atoms with van der Waals surface area (Å²) in [4.78, 5) is 0. The van der Waals surface area contributed by atoms with Gasteiger partial charge in [-0.3, -0.25) is 0 Å². The molecule has 3 aromatic carbocycles. The number of anilines is 1. The molecule has 1 aliphatic rings. The first-order valence-electron chi connectivity index (χ1n) is 9.90. The zero-order valence-corrected chi connectivity index (χ0v) is 18.1. The smallest absolute Gasteiger partial charge is 0.319 e. The van der Waals surface area contributed by atoms with E-state index in [2.05, 4.69) is 74.6 Å². The van der Waals surface area contributed by atoms with Crippen LogP contribution in [0.25, 0.3) is 0 Å². The number of benzene rings is 3. The molecule has 2 N–H and O–H groups in total. The molecular formula is C24H27NO3Si. The van der Waals surface area contributed by atoms with Crippen molar-refractivity contribution in [1.29, 1.82) is 0 Å². The first-order valence-corrected chi connectivity index (χ1v) is 11.8. The van der Waals surface area contributed by atoms with Crippen LogP contribution in [0.1, 0.15) is 26.3 Å². The zero-order valence-electron chi connectivity index (χ0n) is 17.1. The van der Waals surface area contributed by atoms with Gasteiger partial charge in [0, 0.05) is 11.3 Å². The van der Waals surface area contributed by atoms with Crippen molar-refractivity contribution < 1.29 is 14.3 Å². The molecular weight excluding hydrogens is 378 g/mol. The first kappa shape index (κ1) is 19.7. The van der Waals surface area contributed by atoms with Crippen LogP contribution in [0.5, 0.6) is 5.75 Å². The molecule has 3 aromatic rings. The Kier molecular flexibility index (Phi) is 5.21. The maximum absolute atomic E-state index is 9.80. The maximum Gasteiger partial charge on any atom is 0.319 e. The Morgan fingerprint density at radius 3 is 2.03 bits per heavy atom. The van der Waals surface area contributed by atoms with Crippen LogP contribution in [0, 0.1) is 0 Å². The number of hydrogen-bond acceptors (Lipinski definition) is 4. The summed E-state index contributed by atoms with van der Waals surface area (Å²) in [6, 6.07) is 27.0. The van der Waals surface area contributed by atoms with Crippen LogP contribution >= 0.6 is 0 Å².